The van der Waals surface area contributed by atoms with Gasteiger partial charge in [0.1, 0.15) is 18.4 Å². The predicted molar refractivity (Wildman–Crippen MR) is 65.6 cm³/mol. The minimum absolute atomic E-state index is 0.286. The standard InChI is InChI=1S/C13H11N3O/c1-2-3-4-11-5-7-12(8-6-11)17-13-15-9-14-10-16-13/h2-10H,1H2. The summed E-state index contributed by atoms with van der Waals surface area (Å²) in [6, 6.07) is 7.88. The molecule has 0 saturated heterocycles. The SMILES string of the molecule is C=CC=Cc1ccc(Oc2ncncn2)cc1. The average molecular weight is 225 g/mol. The molecule has 0 N–H and O–H groups in total. The fourth-order valence-corrected chi connectivity index (χ4v) is 1.21. The molecule has 0 radical (unpaired) electrons. The van der Waals surface area contributed by atoms with Gasteiger partial charge in [-0.15, -0.1) is 0 Å². The molecule has 1 aromatic heterocycles. The van der Waals surface area contributed by atoms with E-state index in [4.69, 9.17) is 4.74 Å². The topological polar surface area (TPSA) is 47.9 Å². The van der Waals surface area contributed by atoms with Crippen LogP contribution in [0.3, 0.4) is 0 Å². The zero-order valence-electron chi connectivity index (χ0n) is 9.15. The third-order valence-electron chi connectivity index (χ3n) is 1.98. The van der Waals surface area contributed by atoms with Crippen LogP contribution in [-0.2, 0) is 0 Å². The smallest absolute Gasteiger partial charge is 0.324 e. The molecule has 2 rings (SSSR count). The monoisotopic (exact) mass is 225 g/mol. The Kier molecular flexibility index (Phi) is 3.60. The summed E-state index contributed by atoms with van der Waals surface area (Å²) in [6.07, 6.45) is 8.35. The molecule has 0 saturated carbocycles. The lowest BCUT2D eigenvalue weighted by molar-refractivity contribution is 0.439. The molecule has 0 fully saturated rings. The van der Waals surface area contributed by atoms with Gasteiger partial charge in [-0.05, 0) is 17.7 Å². The van der Waals surface area contributed by atoms with Crippen LogP contribution in [0.5, 0.6) is 11.8 Å². The average Bonchev–Trinajstić information content (AvgIpc) is 2.39. The van der Waals surface area contributed by atoms with Crippen molar-refractivity contribution in [2.75, 3.05) is 0 Å². The van der Waals surface area contributed by atoms with Crippen LogP contribution in [0.1, 0.15) is 5.56 Å². The van der Waals surface area contributed by atoms with Gasteiger partial charge < -0.3 is 4.74 Å². The van der Waals surface area contributed by atoms with E-state index in [-0.39, 0.29) is 6.01 Å². The van der Waals surface area contributed by atoms with Crippen molar-refractivity contribution in [3.05, 3.63) is 61.2 Å². The van der Waals surface area contributed by atoms with E-state index >= 15 is 0 Å². The van der Waals surface area contributed by atoms with Gasteiger partial charge >= 0.3 is 6.01 Å². The summed E-state index contributed by atoms with van der Waals surface area (Å²) in [4.78, 5) is 11.5. The molecule has 17 heavy (non-hydrogen) atoms. The van der Waals surface area contributed by atoms with Crippen molar-refractivity contribution < 1.29 is 4.74 Å². The minimum atomic E-state index is 0.286. The molecule has 4 nitrogen and oxygen atoms in total. The molecule has 4 heteroatoms. The summed E-state index contributed by atoms with van der Waals surface area (Å²) in [5, 5.41) is 0. The third-order valence-corrected chi connectivity index (χ3v) is 1.98. The maximum Gasteiger partial charge on any atom is 0.324 e. The normalized spacial score (nSPS) is 10.4. The number of aromatic nitrogens is 3. The quantitative estimate of drug-likeness (QED) is 0.751. The highest BCUT2D eigenvalue weighted by atomic mass is 16.5. The number of hydrogen-bond acceptors (Lipinski definition) is 4. The minimum Gasteiger partial charge on any atom is -0.424 e. The fourth-order valence-electron chi connectivity index (χ4n) is 1.21. The van der Waals surface area contributed by atoms with Crippen molar-refractivity contribution in [3.8, 4) is 11.8 Å². The van der Waals surface area contributed by atoms with Crippen molar-refractivity contribution in [2.45, 2.75) is 0 Å². The molecule has 0 amide bonds. The predicted octanol–water partition coefficient (Wildman–Crippen LogP) is 2.86. The second-order valence-corrected chi connectivity index (χ2v) is 3.19. The Morgan fingerprint density at radius 3 is 2.41 bits per heavy atom. The van der Waals surface area contributed by atoms with Crippen molar-refractivity contribution in [3.63, 3.8) is 0 Å². The maximum atomic E-state index is 5.43. The lowest BCUT2D eigenvalue weighted by Gasteiger charge is -2.02. The van der Waals surface area contributed by atoms with Gasteiger partial charge in [0.25, 0.3) is 0 Å². The van der Waals surface area contributed by atoms with Crippen LogP contribution in [0.2, 0.25) is 0 Å². The highest BCUT2D eigenvalue weighted by Gasteiger charge is 1.98. The summed E-state index contributed by atoms with van der Waals surface area (Å²) in [5.74, 6) is 0.687. The van der Waals surface area contributed by atoms with Crippen LogP contribution in [-0.4, -0.2) is 15.0 Å². The number of allylic oxidation sites excluding steroid dienone is 2. The number of ether oxygens (including phenoxy) is 1. The molecule has 0 atom stereocenters. The van der Waals surface area contributed by atoms with Gasteiger partial charge in [0.15, 0.2) is 0 Å². The van der Waals surface area contributed by atoms with E-state index in [1.165, 1.54) is 12.7 Å². The van der Waals surface area contributed by atoms with Crippen molar-refractivity contribution in [1.29, 1.82) is 0 Å². The van der Waals surface area contributed by atoms with Gasteiger partial charge in [-0.25, -0.2) is 4.98 Å². The molecular weight excluding hydrogens is 214 g/mol. The highest BCUT2D eigenvalue weighted by molar-refractivity contribution is 5.52. The number of hydrogen-bond donors (Lipinski definition) is 0. The summed E-state index contributed by atoms with van der Waals surface area (Å²) in [6.45, 7) is 3.62. The van der Waals surface area contributed by atoms with E-state index in [1.807, 2.05) is 36.4 Å². The van der Waals surface area contributed by atoms with Gasteiger partial charge in [0.2, 0.25) is 0 Å². The molecule has 84 valence electrons. The van der Waals surface area contributed by atoms with Gasteiger partial charge in [-0.3, -0.25) is 0 Å². The zero-order chi connectivity index (χ0) is 11.9. The lowest BCUT2D eigenvalue weighted by atomic mass is 10.2. The number of rotatable bonds is 4. The van der Waals surface area contributed by atoms with Crippen LogP contribution in [0, 0.1) is 0 Å². The first-order valence-electron chi connectivity index (χ1n) is 5.07. The van der Waals surface area contributed by atoms with Crippen LogP contribution < -0.4 is 4.74 Å². The molecular formula is C13H11N3O. The molecule has 0 aliphatic rings. The van der Waals surface area contributed by atoms with Gasteiger partial charge in [0.05, 0.1) is 0 Å². The van der Waals surface area contributed by atoms with Crippen molar-refractivity contribution >= 4 is 6.08 Å². The first-order chi connectivity index (χ1) is 8.38. The Labute approximate surface area is 99.3 Å². The Hall–Kier alpha value is -2.49. The van der Waals surface area contributed by atoms with Gasteiger partial charge in [-0.2, -0.15) is 9.97 Å². The first-order valence-corrected chi connectivity index (χ1v) is 5.07. The molecule has 0 aliphatic heterocycles. The Balaban J connectivity index is 2.08. The second kappa shape index (κ2) is 5.55. The summed E-state index contributed by atoms with van der Waals surface area (Å²) >= 11 is 0. The van der Waals surface area contributed by atoms with Crippen LogP contribution in [0.4, 0.5) is 0 Å². The molecule has 0 spiro atoms. The largest absolute Gasteiger partial charge is 0.424 e. The van der Waals surface area contributed by atoms with Crippen LogP contribution in [0.25, 0.3) is 6.08 Å². The Bertz CT molecular complexity index is 506. The molecule has 2 aromatic rings. The van der Waals surface area contributed by atoms with Gasteiger partial charge in [0, 0.05) is 0 Å². The van der Waals surface area contributed by atoms with E-state index in [0.29, 0.717) is 5.75 Å². The summed E-state index contributed by atoms with van der Waals surface area (Å²) in [5.41, 5.74) is 1.08. The molecule has 0 aliphatic carbocycles. The maximum absolute atomic E-state index is 5.43. The van der Waals surface area contributed by atoms with Crippen LogP contribution >= 0.6 is 0 Å². The van der Waals surface area contributed by atoms with E-state index < -0.39 is 0 Å². The number of nitrogens with zero attached hydrogens (tertiary/aromatic N) is 3. The number of benzene rings is 1. The summed E-state index contributed by atoms with van der Waals surface area (Å²) in [7, 11) is 0. The van der Waals surface area contributed by atoms with Crippen LogP contribution in [0.15, 0.2) is 55.7 Å². The molecule has 0 bridgehead atoms. The second-order valence-electron chi connectivity index (χ2n) is 3.19. The van der Waals surface area contributed by atoms with Crippen molar-refractivity contribution in [1.82, 2.24) is 15.0 Å². The lowest BCUT2D eigenvalue weighted by Crippen LogP contribution is -1.91. The molecule has 0 unspecified atom stereocenters. The molecule has 1 aromatic carbocycles. The summed E-state index contributed by atoms with van der Waals surface area (Å²) < 4.78 is 5.43. The third kappa shape index (κ3) is 3.24. The van der Waals surface area contributed by atoms with E-state index in [1.54, 1.807) is 6.08 Å². The van der Waals surface area contributed by atoms with E-state index in [2.05, 4.69) is 21.5 Å². The Morgan fingerprint density at radius 1 is 1.06 bits per heavy atom. The molecule has 1 heterocycles. The van der Waals surface area contributed by atoms with Gasteiger partial charge in [-0.1, -0.05) is 36.9 Å². The van der Waals surface area contributed by atoms with Crippen molar-refractivity contribution in [2.24, 2.45) is 0 Å². The fraction of sp³-hybridized carbons (Fsp3) is 0. The zero-order valence-corrected chi connectivity index (χ0v) is 9.15. The Morgan fingerprint density at radius 2 is 1.76 bits per heavy atom. The van der Waals surface area contributed by atoms with E-state index in [0.717, 1.165) is 5.56 Å². The highest BCUT2D eigenvalue weighted by Crippen LogP contribution is 2.17. The first kappa shape index (κ1) is 11.0. The van der Waals surface area contributed by atoms with E-state index in [9.17, 15) is 0 Å².